The molecule has 5 amide bonds. The number of carbonyl (C=O) groups excluding carboxylic acids is 7. The summed E-state index contributed by atoms with van der Waals surface area (Å²) in [5.41, 5.74) is 0.118. The van der Waals surface area contributed by atoms with Crippen LogP contribution in [0.2, 0.25) is 0 Å². The van der Waals surface area contributed by atoms with E-state index in [9.17, 15) is 43.0 Å². The van der Waals surface area contributed by atoms with Crippen molar-refractivity contribution in [2.45, 2.75) is 180 Å². The molecule has 378 valence electrons. The van der Waals surface area contributed by atoms with Gasteiger partial charge in [0.15, 0.2) is 11.4 Å². The molecule has 0 aromatic heterocycles. The Morgan fingerprint density at radius 3 is 2.22 bits per heavy atom. The van der Waals surface area contributed by atoms with Crippen LogP contribution in [0.25, 0.3) is 0 Å². The molecule has 3 saturated heterocycles. The van der Waals surface area contributed by atoms with Crippen molar-refractivity contribution in [3.05, 3.63) is 35.9 Å². The highest BCUT2D eigenvalue weighted by Crippen LogP contribution is 2.44. The quantitative estimate of drug-likeness (QED) is 0.0557. The van der Waals surface area contributed by atoms with Gasteiger partial charge < -0.3 is 24.2 Å². The average Bonchev–Trinajstić information content (AvgIpc) is 4.12. The lowest BCUT2D eigenvalue weighted by Gasteiger charge is -2.41. The lowest BCUT2D eigenvalue weighted by molar-refractivity contribution is -0.150. The molecular weight excluding hydrogens is 888 g/mol. The van der Waals surface area contributed by atoms with Gasteiger partial charge in [-0.2, -0.15) is 4.89 Å². The van der Waals surface area contributed by atoms with Crippen molar-refractivity contribution in [2.24, 2.45) is 35.5 Å². The molecule has 0 radical (unpaired) electrons. The fraction of sp³-hybridized carbons (Fsp3) is 0.750. The van der Waals surface area contributed by atoms with E-state index in [1.54, 1.807) is 37.8 Å². The molecule has 13 atom stereocenters. The minimum atomic E-state index is -2.62. The third-order valence-corrected chi connectivity index (χ3v) is 16.9. The van der Waals surface area contributed by atoms with E-state index in [1.165, 1.54) is 12.0 Å². The van der Waals surface area contributed by atoms with E-state index in [2.05, 4.69) is 0 Å². The summed E-state index contributed by atoms with van der Waals surface area (Å²) in [6.45, 7) is 12.3. The number of likely N-dealkylation sites (N-methyl/N-ethyl adjacent to an activating group) is 1. The Morgan fingerprint density at radius 1 is 0.912 bits per heavy atom. The molecule has 4 fully saturated rings. The Bertz CT molecular complexity index is 1950. The summed E-state index contributed by atoms with van der Waals surface area (Å²) >= 11 is 0. The number of piperidine rings is 1. The minimum absolute atomic E-state index is 0.00216. The molecule has 0 spiro atoms. The van der Waals surface area contributed by atoms with Crippen LogP contribution in [0.1, 0.15) is 137 Å². The van der Waals surface area contributed by atoms with Gasteiger partial charge >= 0.3 is 8.03 Å². The monoisotopic (exact) mass is 968 g/mol. The first-order valence-electron chi connectivity index (χ1n) is 25.4. The van der Waals surface area contributed by atoms with Crippen molar-refractivity contribution in [1.29, 1.82) is 0 Å². The minimum Gasteiger partial charge on any atom is -0.379 e. The topological polar surface area (TPSA) is 188 Å². The van der Waals surface area contributed by atoms with Crippen LogP contribution in [0, 0.1) is 35.5 Å². The summed E-state index contributed by atoms with van der Waals surface area (Å²) in [6, 6.07) is 7.83. The molecule has 16 heteroatoms. The van der Waals surface area contributed by atoms with Gasteiger partial charge in [0.1, 0.15) is 5.78 Å². The second kappa shape index (κ2) is 25.3. The van der Waals surface area contributed by atoms with Gasteiger partial charge in [0.2, 0.25) is 29.5 Å². The number of ether oxygens (including phenoxy) is 2. The molecule has 68 heavy (non-hydrogen) atoms. The third-order valence-electron chi connectivity index (χ3n) is 15.9. The molecule has 15 nitrogen and oxygen atoms in total. The first-order chi connectivity index (χ1) is 32.3. The van der Waals surface area contributed by atoms with Gasteiger partial charge in [-0.25, -0.2) is 0 Å². The van der Waals surface area contributed by atoms with Gasteiger partial charge in [0.25, 0.3) is 0 Å². The van der Waals surface area contributed by atoms with Crippen molar-refractivity contribution < 1.29 is 52.5 Å². The van der Waals surface area contributed by atoms with Gasteiger partial charge in [-0.05, 0) is 72.8 Å². The van der Waals surface area contributed by atoms with Gasteiger partial charge in [-0.1, -0.05) is 84.7 Å². The predicted octanol–water partition coefficient (Wildman–Crippen LogP) is 6.78. The highest BCUT2D eigenvalue weighted by molar-refractivity contribution is 7.39. The van der Waals surface area contributed by atoms with Crippen LogP contribution in [-0.2, 0) is 54.0 Å². The number of carbonyl (C=O) groups is 7. The molecule has 1 N–H and O–H groups in total. The Hall–Kier alpha value is -3.91. The molecule has 3 aliphatic heterocycles. The molecule has 1 aliphatic carbocycles. The lowest BCUT2D eigenvalue weighted by atomic mass is 9.83. The Kier molecular flexibility index (Phi) is 20.5. The summed E-state index contributed by atoms with van der Waals surface area (Å²) in [6.07, 6.45) is 5.77. The maximum atomic E-state index is 14.7. The summed E-state index contributed by atoms with van der Waals surface area (Å²) in [4.78, 5) is 112. The Morgan fingerprint density at radius 2 is 1.62 bits per heavy atom. The van der Waals surface area contributed by atoms with Crippen LogP contribution in [0.4, 0.5) is 0 Å². The summed E-state index contributed by atoms with van der Waals surface area (Å²) < 4.78 is 24.5. The number of benzene rings is 1. The average molecular weight is 968 g/mol. The SMILES string of the molecule is CC[C@H](C)[C@@H]([C@@H](CC(=O)N1CCC[C@H]1[C@H](OC)[C@@H](C)C(=O)C[C@@H](Cc1ccccc1)[P+](=O)O)OC)N(C)C(=O)[C@@H](CC(=O)[C@@H]1[C@H]2CC[C@H](C2)N1C(=O)CCCCCN1C(=O)CC(C)C1=O)C(C)C. The zero-order valence-electron chi connectivity index (χ0n) is 42.2. The number of amides is 5. The fourth-order valence-electron chi connectivity index (χ4n) is 11.8. The van der Waals surface area contributed by atoms with E-state index >= 15 is 0 Å². The smallest absolute Gasteiger partial charge is 0.379 e. The highest BCUT2D eigenvalue weighted by Gasteiger charge is 2.52. The van der Waals surface area contributed by atoms with E-state index in [0.717, 1.165) is 24.8 Å². The normalized spacial score (nSPS) is 24.8. The number of hydrogen-bond acceptors (Lipinski definition) is 10. The first-order valence-corrected chi connectivity index (χ1v) is 26.6. The van der Waals surface area contributed by atoms with Crippen LogP contribution in [0.3, 0.4) is 0 Å². The maximum Gasteiger partial charge on any atom is 0.509 e. The molecule has 1 aromatic rings. The number of fused-ring (bicyclic) bond motifs is 2. The van der Waals surface area contributed by atoms with E-state index in [0.29, 0.717) is 51.6 Å². The number of likely N-dealkylation sites (tertiary alicyclic amines) is 3. The zero-order chi connectivity index (χ0) is 50.0. The van der Waals surface area contributed by atoms with Crippen LogP contribution >= 0.6 is 8.03 Å². The number of unbranched alkanes of at least 4 members (excludes halogenated alkanes) is 2. The van der Waals surface area contributed by atoms with Gasteiger partial charge in [-0.3, -0.25) is 38.5 Å². The van der Waals surface area contributed by atoms with Gasteiger partial charge in [0, 0.05) is 83.8 Å². The van der Waals surface area contributed by atoms with Gasteiger partial charge in [-0.15, -0.1) is 0 Å². The third kappa shape index (κ3) is 13.1. The van der Waals surface area contributed by atoms with Crippen molar-refractivity contribution in [3.8, 4) is 0 Å². The summed E-state index contributed by atoms with van der Waals surface area (Å²) in [5, 5.41) is 0. The molecule has 2 bridgehead atoms. The Balaban J connectivity index is 1.22. The second-order valence-corrected chi connectivity index (χ2v) is 22.0. The van der Waals surface area contributed by atoms with Crippen molar-refractivity contribution >= 4 is 49.1 Å². The molecule has 2 unspecified atom stereocenters. The molecule has 3 heterocycles. The second-order valence-electron chi connectivity index (χ2n) is 20.7. The number of hydrogen-bond donors (Lipinski definition) is 1. The van der Waals surface area contributed by atoms with Crippen LogP contribution < -0.4 is 0 Å². The zero-order valence-corrected chi connectivity index (χ0v) is 43.1. The molecule has 4 aliphatic rings. The van der Waals surface area contributed by atoms with E-state index in [1.807, 2.05) is 62.9 Å². The number of imide groups is 1. The van der Waals surface area contributed by atoms with Crippen molar-refractivity contribution in [3.63, 3.8) is 0 Å². The van der Waals surface area contributed by atoms with E-state index in [-0.39, 0.29) is 109 Å². The molecule has 1 saturated carbocycles. The number of nitrogens with zero attached hydrogens (tertiary/aromatic N) is 4. The largest absolute Gasteiger partial charge is 0.509 e. The Labute approximate surface area is 405 Å². The number of ketones is 2. The molecule has 5 rings (SSSR count). The number of Topliss-reactive ketones (excluding diaryl/α,β-unsaturated/α-hetero) is 2. The van der Waals surface area contributed by atoms with Gasteiger partial charge in [0.05, 0.1) is 43.2 Å². The lowest BCUT2D eigenvalue weighted by Crippen LogP contribution is -2.54. The predicted molar refractivity (Wildman–Crippen MR) is 258 cm³/mol. The fourth-order valence-corrected chi connectivity index (χ4v) is 12.5. The van der Waals surface area contributed by atoms with E-state index in [4.69, 9.17) is 9.47 Å². The van der Waals surface area contributed by atoms with E-state index < -0.39 is 55.9 Å². The number of rotatable bonds is 27. The van der Waals surface area contributed by atoms with Crippen LogP contribution in [0.5, 0.6) is 0 Å². The molecular formula is C52H80N4O11P+. The first kappa shape index (κ1) is 55.0. The molecule has 1 aromatic carbocycles. The van der Waals surface area contributed by atoms with Crippen LogP contribution in [-0.4, -0.2) is 142 Å². The highest BCUT2D eigenvalue weighted by atomic mass is 31.1. The maximum absolute atomic E-state index is 14.7. The summed E-state index contributed by atoms with van der Waals surface area (Å²) in [5.74, 6) is -2.83. The van der Waals surface area contributed by atoms with Crippen molar-refractivity contribution in [2.75, 3.05) is 34.4 Å². The standard InChI is InChI=1S/C52H79N4O11P/c1-10-33(4)48(44(66-8)31-47(61)54-25-17-20-41(54)50(67-9)35(6)42(57)29-39(68(64)65)27-36-18-13-11-14-19-36)53(7)52(63)40(32(2)3)30-43(58)49-37-22-23-38(28-37)56(49)45(59)21-15-12-16-24-55-46(60)26-34(5)51(55)62/h11,13-14,18-19,32-35,37-41,44,48-50H,10,12,15-17,20-31H2,1-9H3/p+1/t33-,34?,35-,37-,38+,39+,40-,41-,44+,48-,49-,50+/m0/s1. The van der Waals surface area contributed by atoms with Crippen molar-refractivity contribution in [1.82, 2.24) is 19.6 Å². The van der Waals surface area contributed by atoms with Crippen LogP contribution in [0.15, 0.2) is 30.3 Å². The summed E-state index contributed by atoms with van der Waals surface area (Å²) in [7, 11) is 2.18. The number of methoxy groups -OCH3 is 2.